The van der Waals surface area contributed by atoms with Gasteiger partial charge in [-0.1, -0.05) is 30.3 Å². The monoisotopic (exact) mass is 292 g/mol. The summed E-state index contributed by atoms with van der Waals surface area (Å²) in [6, 6.07) is 8.15. The molecule has 0 saturated heterocycles. The summed E-state index contributed by atoms with van der Waals surface area (Å²) in [6.07, 6.45) is -7.42. The van der Waals surface area contributed by atoms with Gasteiger partial charge in [-0.2, -0.15) is 13.2 Å². The topological polar surface area (TPSA) is 55.8 Å². The molecule has 2 atom stereocenters. The van der Waals surface area contributed by atoms with Crippen molar-refractivity contribution >= 4 is 5.97 Å². The molecule has 0 heterocycles. The van der Waals surface area contributed by atoms with E-state index >= 15 is 0 Å². The zero-order valence-corrected chi connectivity index (χ0v) is 10.8. The molecule has 4 nitrogen and oxygen atoms in total. The lowest BCUT2D eigenvalue weighted by molar-refractivity contribution is -0.206. The van der Waals surface area contributed by atoms with Gasteiger partial charge in [0.05, 0.1) is 0 Å². The van der Waals surface area contributed by atoms with Gasteiger partial charge in [-0.3, -0.25) is 0 Å². The molecule has 0 aliphatic heterocycles. The Morgan fingerprint density at radius 2 is 1.85 bits per heavy atom. The highest BCUT2D eigenvalue weighted by Gasteiger charge is 2.36. The lowest BCUT2D eigenvalue weighted by atomic mass is 10.0. The lowest BCUT2D eigenvalue weighted by Gasteiger charge is -2.24. The standard InChI is InChI=1S/C13H15F3O4/c1-2-19-10(9-6-4-3-5-7-9)11(12(17)18)20-8-13(14,15)16/h3-7,10-11H,2,8H2,1H3,(H,17,18). The van der Waals surface area contributed by atoms with Crippen LogP contribution in [0.3, 0.4) is 0 Å². The summed E-state index contributed by atoms with van der Waals surface area (Å²) >= 11 is 0. The third-order valence-corrected chi connectivity index (χ3v) is 2.42. The first kappa shape index (κ1) is 16.5. The second kappa shape index (κ2) is 7.25. The van der Waals surface area contributed by atoms with Crippen LogP contribution in [0.2, 0.25) is 0 Å². The van der Waals surface area contributed by atoms with Crippen LogP contribution in [-0.2, 0) is 14.3 Å². The molecule has 1 N–H and O–H groups in total. The number of halogens is 3. The fraction of sp³-hybridized carbons (Fsp3) is 0.462. The third kappa shape index (κ3) is 5.18. The van der Waals surface area contributed by atoms with E-state index in [1.807, 2.05) is 0 Å². The number of carboxylic acids is 1. The van der Waals surface area contributed by atoms with Crippen LogP contribution < -0.4 is 0 Å². The van der Waals surface area contributed by atoms with E-state index in [1.54, 1.807) is 37.3 Å². The maximum atomic E-state index is 12.2. The molecule has 112 valence electrons. The quantitative estimate of drug-likeness (QED) is 0.839. The molecule has 0 aliphatic carbocycles. The molecule has 0 spiro atoms. The van der Waals surface area contributed by atoms with Gasteiger partial charge in [0.2, 0.25) is 0 Å². The van der Waals surface area contributed by atoms with Crippen LogP contribution in [0.25, 0.3) is 0 Å². The van der Waals surface area contributed by atoms with Gasteiger partial charge in [-0.15, -0.1) is 0 Å². The Bertz CT molecular complexity index is 419. The minimum absolute atomic E-state index is 0.152. The molecular formula is C13H15F3O4. The molecule has 0 fully saturated rings. The molecule has 0 amide bonds. The average molecular weight is 292 g/mol. The van der Waals surface area contributed by atoms with Gasteiger partial charge < -0.3 is 14.6 Å². The maximum Gasteiger partial charge on any atom is 0.411 e. The molecule has 1 rings (SSSR count). The normalized spacial score (nSPS) is 14.8. The van der Waals surface area contributed by atoms with Crippen molar-refractivity contribution in [1.82, 2.24) is 0 Å². The fourth-order valence-corrected chi connectivity index (χ4v) is 1.65. The van der Waals surface area contributed by atoms with Crippen molar-refractivity contribution in [2.45, 2.75) is 25.3 Å². The summed E-state index contributed by atoms with van der Waals surface area (Å²) in [6.45, 7) is 0.137. The van der Waals surface area contributed by atoms with Crippen LogP contribution in [0.15, 0.2) is 30.3 Å². The van der Waals surface area contributed by atoms with Crippen LogP contribution in [0.5, 0.6) is 0 Å². The summed E-state index contributed by atoms with van der Waals surface area (Å²) in [7, 11) is 0. The van der Waals surface area contributed by atoms with E-state index in [0.717, 1.165) is 0 Å². The van der Waals surface area contributed by atoms with Crippen molar-refractivity contribution in [1.29, 1.82) is 0 Å². The molecule has 0 saturated carbocycles. The largest absolute Gasteiger partial charge is 0.479 e. The van der Waals surface area contributed by atoms with Crippen molar-refractivity contribution in [2.24, 2.45) is 0 Å². The number of carboxylic acid groups (broad SMARTS) is 1. The van der Waals surface area contributed by atoms with Gasteiger partial charge in [-0.05, 0) is 12.5 Å². The molecule has 7 heteroatoms. The predicted molar refractivity (Wildman–Crippen MR) is 64.2 cm³/mol. The molecule has 0 radical (unpaired) electrons. The van der Waals surface area contributed by atoms with E-state index in [1.165, 1.54) is 0 Å². The number of hydrogen-bond acceptors (Lipinski definition) is 3. The number of carbonyl (C=O) groups is 1. The average Bonchev–Trinajstić information content (AvgIpc) is 2.37. The van der Waals surface area contributed by atoms with E-state index in [-0.39, 0.29) is 6.61 Å². The Kier molecular flexibility index (Phi) is 5.97. The zero-order valence-electron chi connectivity index (χ0n) is 10.8. The molecule has 0 aliphatic rings. The Hall–Kier alpha value is -1.60. The van der Waals surface area contributed by atoms with Gasteiger partial charge in [0.1, 0.15) is 12.7 Å². The Morgan fingerprint density at radius 3 is 2.30 bits per heavy atom. The Balaban J connectivity index is 2.92. The first-order valence-corrected chi connectivity index (χ1v) is 5.93. The van der Waals surface area contributed by atoms with Crippen LogP contribution in [0.4, 0.5) is 13.2 Å². The third-order valence-electron chi connectivity index (χ3n) is 2.42. The number of rotatable bonds is 7. The minimum Gasteiger partial charge on any atom is -0.479 e. The molecule has 2 unspecified atom stereocenters. The van der Waals surface area contributed by atoms with Gasteiger partial charge in [-0.25, -0.2) is 4.79 Å². The van der Waals surface area contributed by atoms with Crippen LogP contribution in [0.1, 0.15) is 18.6 Å². The molecule has 20 heavy (non-hydrogen) atoms. The Labute approximate surface area is 114 Å². The van der Waals surface area contributed by atoms with Crippen molar-refractivity contribution in [3.63, 3.8) is 0 Å². The zero-order chi connectivity index (χ0) is 15.2. The second-order valence-corrected chi connectivity index (χ2v) is 3.97. The summed E-state index contributed by atoms with van der Waals surface area (Å²) in [5.41, 5.74) is 0.448. The van der Waals surface area contributed by atoms with E-state index < -0.39 is 31.0 Å². The first-order chi connectivity index (χ1) is 9.35. The predicted octanol–water partition coefficient (Wildman–Crippen LogP) is 2.80. The second-order valence-electron chi connectivity index (χ2n) is 3.97. The summed E-state index contributed by atoms with van der Waals surface area (Å²) in [5.74, 6) is -1.50. The van der Waals surface area contributed by atoms with Crippen LogP contribution in [-0.4, -0.2) is 36.6 Å². The highest BCUT2D eigenvalue weighted by molar-refractivity contribution is 5.73. The lowest BCUT2D eigenvalue weighted by Crippen LogP contribution is -2.35. The van der Waals surface area contributed by atoms with E-state index in [9.17, 15) is 18.0 Å². The molecule has 0 bridgehead atoms. The summed E-state index contributed by atoms with van der Waals surface area (Å²) < 4.78 is 46.2. The van der Waals surface area contributed by atoms with E-state index in [0.29, 0.717) is 5.56 Å². The van der Waals surface area contributed by atoms with Crippen molar-refractivity contribution in [3.8, 4) is 0 Å². The molecule has 1 aromatic carbocycles. The van der Waals surface area contributed by atoms with Crippen LogP contribution in [0, 0.1) is 0 Å². The fourth-order valence-electron chi connectivity index (χ4n) is 1.65. The van der Waals surface area contributed by atoms with Gasteiger partial charge in [0, 0.05) is 6.61 Å². The van der Waals surface area contributed by atoms with Gasteiger partial charge >= 0.3 is 12.1 Å². The summed E-state index contributed by atoms with van der Waals surface area (Å²) in [5, 5.41) is 9.06. The Morgan fingerprint density at radius 1 is 1.25 bits per heavy atom. The summed E-state index contributed by atoms with van der Waals surface area (Å²) in [4.78, 5) is 11.1. The maximum absolute atomic E-state index is 12.2. The molecule has 0 aromatic heterocycles. The molecule has 1 aromatic rings. The van der Waals surface area contributed by atoms with E-state index in [4.69, 9.17) is 9.84 Å². The highest BCUT2D eigenvalue weighted by atomic mass is 19.4. The van der Waals surface area contributed by atoms with Gasteiger partial charge in [0.25, 0.3) is 0 Å². The minimum atomic E-state index is -4.60. The highest BCUT2D eigenvalue weighted by Crippen LogP contribution is 2.26. The van der Waals surface area contributed by atoms with E-state index in [2.05, 4.69) is 4.74 Å². The van der Waals surface area contributed by atoms with Crippen molar-refractivity contribution < 1.29 is 32.5 Å². The number of aliphatic carboxylic acids is 1. The SMILES string of the molecule is CCOC(c1ccccc1)C(OCC(F)(F)F)C(=O)O. The number of hydrogen-bond donors (Lipinski definition) is 1. The molecular weight excluding hydrogens is 277 g/mol. The van der Waals surface area contributed by atoms with Crippen LogP contribution >= 0.6 is 0 Å². The smallest absolute Gasteiger partial charge is 0.411 e. The number of benzene rings is 1. The van der Waals surface area contributed by atoms with Gasteiger partial charge in [0.15, 0.2) is 6.10 Å². The number of ether oxygens (including phenoxy) is 2. The number of alkyl halides is 3. The van der Waals surface area contributed by atoms with Crippen molar-refractivity contribution in [3.05, 3.63) is 35.9 Å². The first-order valence-electron chi connectivity index (χ1n) is 5.93. The van der Waals surface area contributed by atoms with Crippen molar-refractivity contribution in [2.75, 3.05) is 13.2 Å².